The predicted octanol–water partition coefficient (Wildman–Crippen LogP) is 4.41. The number of ether oxygens (including phenoxy) is 1. The second-order valence-electron chi connectivity index (χ2n) is 3.28. The molecule has 0 bridgehead atoms. The predicted molar refractivity (Wildman–Crippen MR) is 65.3 cm³/mol. The third kappa shape index (κ3) is 3.08. The highest BCUT2D eigenvalue weighted by Gasteiger charge is 2.04. The van der Waals surface area contributed by atoms with Crippen LogP contribution in [-0.4, -0.2) is 4.98 Å². The Kier molecular flexibility index (Phi) is 3.82. The van der Waals surface area contributed by atoms with E-state index in [0.717, 1.165) is 0 Å². The lowest BCUT2D eigenvalue weighted by Gasteiger charge is -2.06. The van der Waals surface area contributed by atoms with Gasteiger partial charge in [0, 0.05) is 12.1 Å². The fourth-order valence-corrected chi connectivity index (χ4v) is 1.57. The average Bonchev–Trinajstić information content (AvgIpc) is 2.34. The molecule has 1 aromatic carbocycles. The van der Waals surface area contributed by atoms with Gasteiger partial charge >= 0.3 is 0 Å². The van der Waals surface area contributed by atoms with Gasteiger partial charge < -0.3 is 4.74 Å². The van der Waals surface area contributed by atoms with Gasteiger partial charge in [-0.1, -0.05) is 17.7 Å². The summed E-state index contributed by atoms with van der Waals surface area (Å²) in [7, 11) is 0. The van der Waals surface area contributed by atoms with Gasteiger partial charge in [0.2, 0.25) is 5.88 Å². The first kappa shape index (κ1) is 12.1. The van der Waals surface area contributed by atoms with Gasteiger partial charge in [-0.05, 0) is 18.2 Å². The number of benzene rings is 1. The lowest BCUT2D eigenvalue weighted by atomic mass is 10.3. The Morgan fingerprint density at radius 3 is 2.76 bits per heavy atom. The number of hydrogen-bond donors (Lipinski definition) is 0. The van der Waals surface area contributed by atoms with Crippen LogP contribution >= 0.6 is 23.2 Å². The summed E-state index contributed by atoms with van der Waals surface area (Å²) >= 11 is 11.3. The molecule has 0 saturated heterocycles. The van der Waals surface area contributed by atoms with Crippen molar-refractivity contribution in [1.29, 1.82) is 0 Å². The number of hydrogen-bond acceptors (Lipinski definition) is 2. The quantitative estimate of drug-likeness (QED) is 0.772. The van der Waals surface area contributed by atoms with Crippen LogP contribution in [0.15, 0.2) is 36.4 Å². The molecule has 0 saturated carbocycles. The van der Waals surface area contributed by atoms with Crippen molar-refractivity contribution in [2.24, 2.45) is 0 Å². The molecule has 0 fully saturated rings. The Labute approximate surface area is 108 Å². The molecule has 0 spiro atoms. The van der Waals surface area contributed by atoms with E-state index in [1.807, 2.05) is 0 Å². The van der Waals surface area contributed by atoms with Crippen LogP contribution in [0.25, 0.3) is 0 Å². The molecule has 1 aromatic heterocycles. The summed E-state index contributed by atoms with van der Waals surface area (Å²) in [5.74, 6) is 0.643. The molecular formula is C12H8Cl2FNO. The van der Waals surface area contributed by atoms with Crippen LogP contribution in [0, 0.1) is 5.82 Å². The molecule has 5 heteroatoms. The molecule has 88 valence electrons. The van der Waals surface area contributed by atoms with Crippen molar-refractivity contribution in [3.05, 3.63) is 52.9 Å². The van der Waals surface area contributed by atoms with Crippen molar-refractivity contribution in [2.75, 3.05) is 0 Å². The van der Waals surface area contributed by atoms with Crippen molar-refractivity contribution in [3.8, 4) is 11.6 Å². The molecule has 0 aliphatic rings. The van der Waals surface area contributed by atoms with Crippen LogP contribution < -0.4 is 4.74 Å². The van der Waals surface area contributed by atoms with Crippen molar-refractivity contribution in [1.82, 2.24) is 4.98 Å². The lowest BCUT2D eigenvalue weighted by Crippen LogP contribution is -1.91. The van der Waals surface area contributed by atoms with E-state index in [2.05, 4.69) is 4.98 Å². The molecule has 0 N–H and O–H groups in total. The first-order valence-corrected chi connectivity index (χ1v) is 5.75. The zero-order valence-corrected chi connectivity index (χ0v) is 10.2. The number of halogens is 3. The molecule has 0 atom stereocenters. The largest absolute Gasteiger partial charge is 0.439 e. The summed E-state index contributed by atoms with van der Waals surface area (Å²) in [5.41, 5.74) is 0.706. The molecule has 0 radical (unpaired) electrons. The van der Waals surface area contributed by atoms with E-state index >= 15 is 0 Å². The topological polar surface area (TPSA) is 22.1 Å². The minimum absolute atomic E-state index is 0.0102. The highest BCUT2D eigenvalue weighted by atomic mass is 35.5. The van der Waals surface area contributed by atoms with Gasteiger partial charge in [-0.25, -0.2) is 9.37 Å². The first-order valence-electron chi connectivity index (χ1n) is 4.84. The SMILES string of the molecule is Fc1ccc(Oc2cccc(CCl)n2)cc1Cl. The van der Waals surface area contributed by atoms with Gasteiger partial charge in [0.15, 0.2) is 0 Å². The molecule has 0 aliphatic carbocycles. The van der Waals surface area contributed by atoms with E-state index in [0.29, 0.717) is 23.2 Å². The molecule has 0 amide bonds. The fraction of sp³-hybridized carbons (Fsp3) is 0.0833. The van der Waals surface area contributed by atoms with Crippen LogP contribution in [0.4, 0.5) is 4.39 Å². The number of aromatic nitrogens is 1. The number of alkyl halides is 1. The highest BCUT2D eigenvalue weighted by molar-refractivity contribution is 6.30. The Balaban J connectivity index is 2.22. The molecule has 2 nitrogen and oxygen atoms in total. The second kappa shape index (κ2) is 5.34. The van der Waals surface area contributed by atoms with E-state index in [9.17, 15) is 4.39 Å². The molecule has 2 rings (SSSR count). The fourth-order valence-electron chi connectivity index (χ4n) is 1.25. The van der Waals surface area contributed by atoms with Gasteiger partial charge in [0.1, 0.15) is 11.6 Å². The Morgan fingerprint density at radius 1 is 1.24 bits per heavy atom. The van der Waals surface area contributed by atoms with Crippen LogP contribution in [-0.2, 0) is 5.88 Å². The minimum Gasteiger partial charge on any atom is -0.439 e. The van der Waals surface area contributed by atoms with Gasteiger partial charge in [-0.15, -0.1) is 11.6 Å². The minimum atomic E-state index is -0.485. The summed E-state index contributed by atoms with van der Waals surface area (Å²) in [6, 6.07) is 9.38. The van der Waals surface area contributed by atoms with Crippen LogP contribution in [0.1, 0.15) is 5.69 Å². The van der Waals surface area contributed by atoms with E-state index in [-0.39, 0.29) is 5.02 Å². The third-order valence-electron chi connectivity index (χ3n) is 2.03. The van der Waals surface area contributed by atoms with Gasteiger partial charge in [0.05, 0.1) is 16.6 Å². The summed E-state index contributed by atoms with van der Waals surface area (Å²) in [5, 5.41) is 0.0102. The Morgan fingerprint density at radius 2 is 2.06 bits per heavy atom. The maximum atomic E-state index is 12.9. The molecule has 2 aromatic rings. The summed E-state index contributed by atoms with van der Waals surface area (Å²) in [6.45, 7) is 0. The van der Waals surface area contributed by atoms with Crippen molar-refractivity contribution in [2.45, 2.75) is 5.88 Å². The van der Waals surface area contributed by atoms with E-state index in [1.54, 1.807) is 18.2 Å². The van der Waals surface area contributed by atoms with Crippen molar-refractivity contribution < 1.29 is 9.13 Å². The highest BCUT2D eigenvalue weighted by Crippen LogP contribution is 2.25. The molecular weight excluding hydrogens is 264 g/mol. The zero-order chi connectivity index (χ0) is 12.3. The molecule has 17 heavy (non-hydrogen) atoms. The van der Waals surface area contributed by atoms with E-state index in [4.69, 9.17) is 27.9 Å². The smallest absolute Gasteiger partial charge is 0.219 e. The normalized spacial score (nSPS) is 10.3. The van der Waals surface area contributed by atoms with Crippen molar-refractivity contribution in [3.63, 3.8) is 0 Å². The third-order valence-corrected chi connectivity index (χ3v) is 2.60. The molecule has 0 unspecified atom stereocenters. The van der Waals surface area contributed by atoms with Crippen LogP contribution in [0.2, 0.25) is 5.02 Å². The standard InChI is InChI=1S/C12H8Cl2FNO/c13-7-8-2-1-3-12(16-8)17-9-4-5-11(15)10(14)6-9/h1-6H,7H2. The lowest BCUT2D eigenvalue weighted by molar-refractivity contribution is 0.460. The number of pyridine rings is 1. The number of nitrogens with zero attached hydrogens (tertiary/aromatic N) is 1. The number of rotatable bonds is 3. The van der Waals surface area contributed by atoms with Crippen LogP contribution in [0.3, 0.4) is 0 Å². The summed E-state index contributed by atoms with van der Waals surface area (Å²) < 4.78 is 18.4. The monoisotopic (exact) mass is 271 g/mol. The summed E-state index contributed by atoms with van der Waals surface area (Å²) in [6.07, 6.45) is 0. The van der Waals surface area contributed by atoms with Crippen molar-refractivity contribution >= 4 is 23.2 Å². The average molecular weight is 272 g/mol. The Hall–Kier alpha value is -1.32. The molecule has 0 aliphatic heterocycles. The van der Waals surface area contributed by atoms with Gasteiger partial charge in [0.25, 0.3) is 0 Å². The first-order chi connectivity index (χ1) is 8.19. The maximum absolute atomic E-state index is 12.9. The van der Waals surface area contributed by atoms with Gasteiger partial charge in [-0.3, -0.25) is 0 Å². The summed E-state index contributed by atoms with van der Waals surface area (Å²) in [4.78, 5) is 4.15. The van der Waals surface area contributed by atoms with E-state index in [1.165, 1.54) is 18.2 Å². The Bertz CT molecular complexity index is 534. The van der Waals surface area contributed by atoms with E-state index < -0.39 is 5.82 Å². The zero-order valence-electron chi connectivity index (χ0n) is 8.66. The van der Waals surface area contributed by atoms with Gasteiger partial charge in [-0.2, -0.15) is 0 Å². The maximum Gasteiger partial charge on any atom is 0.219 e. The van der Waals surface area contributed by atoms with Crippen LogP contribution in [0.5, 0.6) is 11.6 Å². The molecule has 1 heterocycles. The second-order valence-corrected chi connectivity index (χ2v) is 3.95.